The van der Waals surface area contributed by atoms with Gasteiger partial charge in [-0.05, 0) is 26.2 Å². The third kappa shape index (κ3) is 2.43. The van der Waals surface area contributed by atoms with Crippen molar-refractivity contribution in [3.8, 4) is 0 Å². The summed E-state index contributed by atoms with van der Waals surface area (Å²) >= 11 is 0. The molecule has 18 heavy (non-hydrogen) atoms. The van der Waals surface area contributed by atoms with Crippen LogP contribution >= 0.6 is 0 Å². The molecule has 6 nitrogen and oxygen atoms in total. The number of carboxylic acids is 1. The highest BCUT2D eigenvalue weighted by Crippen LogP contribution is 2.30. The number of hydrogen-bond donors (Lipinski definition) is 3. The Morgan fingerprint density at radius 1 is 1.22 bits per heavy atom. The number of likely N-dealkylation sites (tertiary alicyclic amines) is 1. The number of hydrogen-bond acceptors (Lipinski definition) is 3. The van der Waals surface area contributed by atoms with Crippen LogP contribution in [0.5, 0.6) is 0 Å². The average molecular weight is 256 g/mol. The van der Waals surface area contributed by atoms with E-state index in [1.54, 1.807) is 6.92 Å². The molecule has 2 rings (SSSR count). The number of aliphatic carboxylic acids is 1. The van der Waals surface area contributed by atoms with Crippen molar-refractivity contribution >= 4 is 12.0 Å². The second-order valence-electron chi connectivity index (χ2n) is 5.69. The molecule has 1 saturated heterocycles. The normalized spacial score (nSPS) is 30.4. The first-order valence-corrected chi connectivity index (χ1v) is 6.38. The van der Waals surface area contributed by atoms with Gasteiger partial charge in [-0.15, -0.1) is 0 Å². The molecule has 0 bridgehead atoms. The Labute approximate surface area is 106 Å². The van der Waals surface area contributed by atoms with Crippen LogP contribution in [0.2, 0.25) is 0 Å². The summed E-state index contributed by atoms with van der Waals surface area (Å²) in [5.41, 5.74) is -1.96. The van der Waals surface area contributed by atoms with E-state index in [-0.39, 0.29) is 12.6 Å². The van der Waals surface area contributed by atoms with Crippen molar-refractivity contribution in [1.29, 1.82) is 0 Å². The second-order valence-corrected chi connectivity index (χ2v) is 5.69. The predicted octanol–water partition coefficient (Wildman–Crippen LogP) is 0.550. The Morgan fingerprint density at radius 2 is 1.83 bits per heavy atom. The predicted molar refractivity (Wildman–Crippen MR) is 64.2 cm³/mol. The van der Waals surface area contributed by atoms with E-state index in [1.165, 1.54) is 4.90 Å². The van der Waals surface area contributed by atoms with Gasteiger partial charge in [-0.25, -0.2) is 9.59 Å². The molecular formula is C12H20N2O4. The number of rotatable bonds is 2. The molecule has 6 heteroatoms. The Hall–Kier alpha value is -1.30. The van der Waals surface area contributed by atoms with Crippen LogP contribution in [0.1, 0.15) is 39.0 Å². The van der Waals surface area contributed by atoms with Crippen molar-refractivity contribution in [3.63, 3.8) is 0 Å². The van der Waals surface area contributed by atoms with E-state index >= 15 is 0 Å². The molecule has 1 heterocycles. The lowest BCUT2D eigenvalue weighted by Gasteiger charge is -2.28. The molecule has 1 aliphatic heterocycles. The van der Waals surface area contributed by atoms with Crippen LogP contribution in [0, 0.1) is 0 Å². The summed E-state index contributed by atoms with van der Waals surface area (Å²) in [4.78, 5) is 24.8. The molecule has 102 valence electrons. The number of carbonyl (C=O) groups excluding carboxylic acids is 1. The van der Waals surface area contributed by atoms with Gasteiger partial charge in [0.15, 0.2) is 0 Å². The Kier molecular flexibility index (Phi) is 3.23. The van der Waals surface area contributed by atoms with Crippen LogP contribution in [0.25, 0.3) is 0 Å². The maximum atomic E-state index is 12.0. The van der Waals surface area contributed by atoms with Gasteiger partial charge >= 0.3 is 12.0 Å². The summed E-state index contributed by atoms with van der Waals surface area (Å²) < 4.78 is 0. The van der Waals surface area contributed by atoms with Gasteiger partial charge in [0.25, 0.3) is 0 Å². The number of amides is 2. The zero-order chi connectivity index (χ0) is 13.4. The highest BCUT2D eigenvalue weighted by atomic mass is 16.4. The molecule has 0 aromatic carbocycles. The fourth-order valence-corrected chi connectivity index (χ4v) is 2.77. The van der Waals surface area contributed by atoms with Crippen LogP contribution in [0.15, 0.2) is 0 Å². The van der Waals surface area contributed by atoms with Crippen molar-refractivity contribution in [2.75, 3.05) is 13.1 Å². The molecule has 1 unspecified atom stereocenters. The van der Waals surface area contributed by atoms with Crippen molar-refractivity contribution in [3.05, 3.63) is 0 Å². The Balaban J connectivity index is 2.00. The van der Waals surface area contributed by atoms with Gasteiger partial charge in [-0.3, -0.25) is 0 Å². The van der Waals surface area contributed by atoms with E-state index in [0.29, 0.717) is 25.8 Å². The highest BCUT2D eigenvalue weighted by molar-refractivity contribution is 5.86. The van der Waals surface area contributed by atoms with Gasteiger partial charge in [0.05, 0.1) is 12.1 Å². The van der Waals surface area contributed by atoms with E-state index in [2.05, 4.69) is 5.32 Å². The first kappa shape index (κ1) is 13.1. The number of β-amino-alcohol motifs (C(OH)–C–C–N with tert-alkyl or cyclic N) is 1. The van der Waals surface area contributed by atoms with Crippen molar-refractivity contribution in [1.82, 2.24) is 10.2 Å². The lowest BCUT2D eigenvalue weighted by Crippen LogP contribution is -2.56. The van der Waals surface area contributed by atoms with Gasteiger partial charge in [0.1, 0.15) is 5.54 Å². The monoisotopic (exact) mass is 256 g/mol. The standard InChI is InChI=1S/C12H20N2O4/c1-11(18)6-7-14(8-11)10(17)13-12(9(15)16)4-2-3-5-12/h18H,2-8H2,1H3,(H,13,17)(H,15,16). The number of urea groups is 1. The third-order valence-corrected chi connectivity index (χ3v) is 3.95. The quantitative estimate of drug-likeness (QED) is 0.673. The second kappa shape index (κ2) is 4.42. The summed E-state index contributed by atoms with van der Waals surface area (Å²) in [6, 6.07) is -0.378. The molecule has 0 aromatic rings. The van der Waals surface area contributed by atoms with Crippen LogP contribution in [-0.2, 0) is 4.79 Å². The minimum Gasteiger partial charge on any atom is -0.480 e. The van der Waals surface area contributed by atoms with E-state index < -0.39 is 17.1 Å². The van der Waals surface area contributed by atoms with Crippen molar-refractivity contribution in [2.24, 2.45) is 0 Å². The van der Waals surface area contributed by atoms with Gasteiger partial charge < -0.3 is 20.4 Å². The summed E-state index contributed by atoms with van der Waals surface area (Å²) in [5, 5.41) is 21.7. The number of nitrogens with one attached hydrogen (secondary N) is 1. The third-order valence-electron chi connectivity index (χ3n) is 3.95. The molecule has 3 N–H and O–H groups in total. The largest absolute Gasteiger partial charge is 0.480 e. The summed E-state index contributed by atoms with van der Waals surface area (Å²) in [7, 11) is 0. The molecule has 2 aliphatic rings. The Bertz CT molecular complexity index is 361. The molecule has 0 spiro atoms. The van der Waals surface area contributed by atoms with Crippen LogP contribution < -0.4 is 5.32 Å². The SMILES string of the molecule is CC1(O)CCN(C(=O)NC2(C(=O)O)CCCC2)C1. The minimum atomic E-state index is -1.11. The maximum Gasteiger partial charge on any atom is 0.329 e. The number of nitrogens with zero attached hydrogens (tertiary/aromatic N) is 1. The summed E-state index contributed by atoms with van der Waals surface area (Å²) in [6.45, 7) is 2.41. The van der Waals surface area contributed by atoms with Crippen LogP contribution in [0.3, 0.4) is 0 Å². The first-order chi connectivity index (χ1) is 8.35. The molecular weight excluding hydrogens is 236 g/mol. The van der Waals surface area contributed by atoms with E-state index in [4.69, 9.17) is 0 Å². The molecule has 2 fully saturated rings. The fourth-order valence-electron chi connectivity index (χ4n) is 2.77. The molecule has 1 aliphatic carbocycles. The fraction of sp³-hybridized carbons (Fsp3) is 0.833. The maximum absolute atomic E-state index is 12.0. The molecule has 0 radical (unpaired) electrons. The van der Waals surface area contributed by atoms with Crippen LogP contribution in [0.4, 0.5) is 4.79 Å². The highest BCUT2D eigenvalue weighted by Gasteiger charge is 2.44. The first-order valence-electron chi connectivity index (χ1n) is 6.38. The van der Waals surface area contributed by atoms with E-state index in [1.807, 2.05) is 0 Å². The molecule has 1 saturated carbocycles. The molecule has 2 amide bonds. The smallest absolute Gasteiger partial charge is 0.329 e. The lowest BCUT2D eigenvalue weighted by molar-refractivity contribution is -0.144. The van der Waals surface area contributed by atoms with E-state index in [0.717, 1.165) is 12.8 Å². The van der Waals surface area contributed by atoms with E-state index in [9.17, 15) is 19.8 Å². The van der Waals surface area contributed by atoms with Crippen molar-refractivity contribution < 1.29 is 19.8 Å². The summed E-state index contributed by atoms with van der Waals surface area (Å²) in [6.07, 6.45) is 3.14. The number of carboxylic acid groups (broad SMARTS) is 1. The molecule has 1 atom stereocenters. The van der Waals surface area contributed by atoms with Crippen LogP contribution in [-0.4, -0.2) is 51.3 Å². The summed E-state index contributed by atoms with van der Waals surface area (Å²) in [5.74, 6) is -0.959. The van der Waals surface area contributed by atoms with Gasteiger partial charge in [0, 0.05) is 6.54 Å². The lowest BCUT2D eigenvalue weighted by atomic mass is 9.98. The minimum absolute atomic E-state index is 0.258. The zero-order valence-corrected chi connectivity index (χ0v) is 10.6. The number of carbonyl (C=O) groups is 2. The zero-order valence-electron chi connectivity index (χ0n) is 10.6. The van der Waals surface area contributed by atoms with Gasteiger partial charge in [-0.2, -0.15) is 0 Å². The Morgan fingerprint density at radius 3 is 2.28 bits per heavy atom. The topological polar surface area (TPSA) is 89.9 Å². The number of aliphatic hydroxyl groups is 1. The molecule has 0 aromatic heterocycles. The van der Waals surface area contributed by atoms with Gasteiger partial charge in [0.2, 0.25) is 0 Å². The average Bonchev–Trinajstić information content (AvgIpc) is 2.85. The van der Waals surface area contributed by atoms with Gasteiger partial charge in [-0.1, -0.05) is 12.8 Å². The van der Waals surface area contributed by atoms with Crippen molar-refractivity contribution in [2.45, 2.75) is 50.2 Å².